The Morgan fingerprint density at radius 3 is 2.05 bits per heavy atom. The number of fused-ring (bicyclic) bond motifs is 1. The Hall–Kier alpha value is -5.41. The molecular formula is C46H51N5O4. The van der Waals surface area contributed by atoms with Crippen LogP contribution in [0.3, 0.4) is 0 Å². The van der Waals surface area contributed by atoms with Crippen LogP contribution in [0, 0.1) is 5.92 Å². The highest BCUT2D eigenvalue weighted by Gasteiger charge is 2.48. The minimum atomic E-state index is -1.02. The highest BCUT2D eigenvalue weighted by molar-refractivity contribution is 6.07. The number of benzene rings is 4. The SMILES string of the molecule is CCC(=C(c1ccc(O)cc1)c1ccc(N2CCC(CN3CCN(c4ccc5c(c4)CN(C4(C)CCC(=O)NC4=O)C5=O)CC3)CC2)cc1)c1ccccc1. The fourth-order valence-corrected chi connectivity index (χ4v) is 9.03. The summed E-state index contributed by atoms with van der Waals surface area (Å²) in [5.74, 6) is 0.145. The number of piperidine rings is 2. The topological polar surface area (TPSA) is 96.4 Å². The summed E-state index contributed by atoms with van der Waals surface area (Å²) in [4.78, 5) is 47.1. The molecule has 0 bridgehead atoms. The van der Waals surface area contributed by atoms with Gasteiger partial charge in [0.2, 0.25) is 5.91 Å². The zero-order valence-electron chi connectivity index (χ0n) is 32.0. The van der Waals surface area contributed by atoms with Gasteiger partial charge in [-0.2, -0.15) is 0 Å². The molecule has 55 heavy (non-hydrogen) atoms. The minimum absolute atomic E-state index is 0.136. The summed E-state index contributed by atoms with van der Waals surface area (Å²) in [6.45, 7) is 11.5. The van der Waals surface area contributed by atoms with Gasteiger partial charge in [-0.3, -0.25) is 24.6 Å². The fraction of sp³-hybridized carbons (Fsp3) is 0.370. The number of nitrogens with one attached hydrogen (secondary N) is 1. The normalized spacial score (nSPS) is 21.4. The number of rotatable bonds is 9. The number of hydrogen-bond donors (Lipinski definition) is 2. The molecule has 4 aliphatic rings. The summed E-state index contributed by atoms with van der Waals surface area (Å²) >= 11 is 0. The number of phenols is 1. The van der Waals surface area contributed by atoms with Gasteiger partial charge in [0, 0.05) is 75.7 Å². The largest absolute Gasteiger partial charge is 0.508 e. The summed E-state index contributed by atoms with van der Waals surface area (Å²) in [5, 5.41) is 12.4. The summed E-state index contributed by atoms with van der Waals surface area (Å²) in [6, 6.07) is 33.3. The second-order valence-electron chi connectivity index (χ2n) is 15.8. The standard InChI is InChI=1S/C46H51N5O4/c1-3-40(33-7-5-4-6-8-33)43(35-11-16-39(52)17-12-35)34-9-13-37(14-10-34)49-23-20-32(21-24-49)30-48-25-27-50(28-26-48)38-15-18-41-36(29-38)31-51(44(41)54)46(2)22-19-42(53)47-45(46)55/h4-18,29,32,52H,3,19-28,30-31H2,1-2H3,(H,47,53,55). The van der Waals surface area contributed by atoms with Gasteiger partial charge in [0.05, 0.1) is 0 Å². The second kappa shape index (κ2) is 15.4. The third-order valence-electron chi connectivity index (χ3n) is 12.4. The molecule has 8 rings (SSSR count). The van der Waals surface area contributed by atoms with Gasteiger partial charge in [0.15, 0.2) is 0 Å². The maximum atomic E-state index is 13.4. The van der Waals surface area contributed by atoms with Crippen molar-refractivity contribution < 1.29 is 19.5 Å². The lowest BCUT2D eigenvalue weighted by Gasteiger charge is -2.40. The van der Waals surface area contributed by atoms with Crippen molar-refractivity contribution in [3.8, 4) is 5.75 Å². The van der Waals surface area contributed by atoms with E-state index in [-0.39, 0.29) is 29.9 Å². The lowest BCUT2D eigenvalue weighted by Crippen LogP contribution is -2.61. The first-order chi connectivity index (χ1) is 26.7. The van der Waals surface area contributed by atoms with E-state index in [9.17, 15) is 19.5 Å². The molecular weight excluding hydrogens is 687 g/mol. The van der Waals surface area contributed by atoms with E-state index < -0.39 is 5.54 Å². The number of allylic oxidation sites excluding steroid dienone is 1. The minimum Gasteiger partial charge on any atom is -0.508 e. The Labute approximate surface area is 324 Å². The van der Waals surface area contributed by atoms with Gasteiger partial charge >= 0.3 is 0 Å². The molecule has 0 radical (unpaired) electrons. The van der Waals surface area contributed by atoms with Crippen molar-refractivity contribution >= 4 is 40.2 Å². The van der Waals surface area contributed by atoms with Gasteiger partial charge in [-0.05, 0) is 114 Å². The summed E-state index contributed by atoms with van der Waals surface area (Å²) < 4.78 is 0. The molecule has 4 heterocycles. The van der Waals surface area contributed by atoms with E-state index in [1.54, 1.807) is 24.0 Å². The van der Waals surface area contributed by atoms with Crippen LogP contribution in [0.5, 0.6) is 5.75 Å². The third-order valence-corrected chi connectivity index (χ3v) is 12.4. The number of carbonyl (C=O) groups is 3. The average molecular weight is 738 g/mol. The van der Waals surface area contributed by atoms with Crippen molar-refractivity contribution in [3.63, 3.8) is 0 Å². The number of amides is 3. The van der Waals surface area contributed by atoms with Crippen molar-refractivity contribution in [2.75, 3.05) is 55.6 Å². The fourth-order valence-electron chi connectivity index (χ4n) is 9.03. The van der Waals surface area contributed by atoms with Gasteiger partial charge in [0.25, 0.3) is 11.8 Å². The van der Waals surface area contributed by atoms with E-state index in [1.165, 1.54) is 40.8 Å². The molecule has 3 fully saturated rings. The van der Waals surface area contributed by atoms with Crippen LogP contribution in [-0.2, 0) is 16.1 Å². The molecule has 9 heteroatoms. The molecule has 2 N–H and O–H groups in total. The highest BCUT2D eigenvalue weighted by atomic mass is 16.3. The average Bonchev–Trinajstić information content (AvgIpc) is 3.56. The number of phenolic OH excluding ortho intramolecular Hbond substituents is 1. The number of imide groups is 1. The van der Waals surface area contributed by atoms with Crippen molar-refractivity contribution in [2.24, 2.45) is 5.92 Å². The smallest absolute Gasteiger partial charge is 0.255 e. The number of anilines is 2. The Morgan fingerprint density at radius 1 is 0.764 bits per heavy atom. The van der Waals surface area contributed by atoms with Crippen molar-refractivity contribution in [1.82, 2.24) is 15.1 Å². The molecule has 1 unspecified atom stereocenters. The summed E-state index contributed by atoms with van der Waals surface area (Å²) in [7, 11) is 0. The van der Waals surface area contributed by atoms with Crippen LogP contribution in [-0.4, -0.2) is 84.0 Å². The first kappa shape index (κ1) is 36.6. The highest BCUT2D eigenvalue weighted by Crippen LogP contribution is 2.38. The van der Waals surface area contributed by atoms with Crippen LogP contribution in [0.2, 0.25) is 0 Å². The molecule has 4 aromatic rings. The van der Waals surface area contributed by atoms with Crippen LogP contribution in [0.25, 0.3) is 11.1 Å². The van der Waals surface area contributed by atoms with Crippen molar-refractivity contribution in [1.29, 1.82) is 0 Å². The Balaban J connectivity index is 0.855. The van der Waals surface area contributed by atoms with Crippen LogP contribution in [0.4, 0.5) is 11.4 Å². The van der Waals surface area contributed by atoms with E-state index in [2.05, 4.69) is 87.6 Å². The van der Waals surface area contributed by atoms with E-state index in [1.807, 2.05) is 24.3 Å². The number of nitrogens with zero attached hydrogens (tertiary/aromatic N) is 4. The monoisotopic (exact) mass is 737 g/mol. The molecule has 3 amide bonds. The van der Waals surface area contributed by atoms with Crippen LogP contribution >= 0.6 is 0 Å². The lowest BCUT2D eigenvalue weighted by atomic mass is 9.88. The zero-order valence-corrected chi connectivity index (χ0v) is 32.0. The van der Waals surface area contributed by atoms with Crippen LogP contribution < -0.4 is 15.1 Å². The van der Waals surface area contributed by atoms with Crippen LogP contribution in [0.15, 0.2) is 97.1 Å². The molecule has 1 atom stereocenters. The lowest BCUT2D eigenvalue weighted by molar-refractivity contribution is -0.142. The number of carbonyl (C=O) groups excluding carboxylic acids is 3. The quantitative estimate of drug-likeness (QED) is 0.142. The molecule has 4 aliphatic heterocycles. The maximum Gasteiger partial charge on any atom is 0.255 e. The maximum absolute atomic E-state index is 13.4. The van der Waals surface area contributed by atoms with Gasteiger partial charge in [0.1, 0.15) is 11.3 Å². The Kier molecular flexibility index (Phi) is 10.2. The van der Waals surface area contributed by atoms with E-state index in [0.29, 0.717) is 24.4 Å². The first-order valence-electron chi connectivity index (χ1n) is 19.9. The van der Waals surface area contributed by atoms with Crippen molar-refractivity contribution in [2.45, 2.75) is 58.0 Å². The Bertz CT molecular complexity index is 2080. The molecule has 4 aromatic carbocycles. The molecule has 3 saturated heterocycles. The predicted octanol–water partition coefficient (Wildman–Crippen LogP) is 6.95. The van der Waals surface area contributed by atoms with Gasteiger partial charge < -0.3 is 19.8 Å². The third kappa shape index (κ3) is 7.37. The molecule has 284 valence electrons. The summed E-state index contributed by atoms with van der Waals surface area (Å²) in [5.41, 5.74) is 8.97. The van der Waals surface area contributed by atoms with Crippen LogP contribution in [0.1, 0.15) is 78.6 Å². The van der Waals surface area contributed by atoms with Gasteiger partial charge in [-0.25, -0.2) is 0 Å². The molecule has 0 aromatic heterocycles. The summed E-state index contributed by atoms with van der Waals surface area (Å²) in [6.07, 6.45) is 3.83. The van der Waals surface area contributed by atoms with E-state index in [0.717, 1.165) is 69.0 Å². The zero-order chi connectivity index (χ0) is 38.1. The number of hydrogen-bond acceptors (Lipinski definition) is 7. The first-order valence-corrected chi connectivity index (χ1v) is 19.9. The number of aromatic hydroxyl groups is 1. The van der Waals surface area contributed by atoms with E-state index >= 15 is 0 Å². The van der Waals surface area contributed by atoms with Gasteiger partial charge in [-0.1, -0.05) is 61.5 Å². The van der Waals surface area contributed by atoms with E-state index in [4.69, 9.17) is 0 Å². The predicted molar refractivity (Wildman–Crippen MR) is 218 cm³/mol. The molecule has 0 saturated carbocycles. The molecule has 0 spiro atoms. The molecule has 0 aliphatic carbocycles. The molecule has 9 nitrogen and oxygen atoms in total. The second-order valence-corrected chi connectivity index (χ2v) is 15.8. The number of piperazine rings is 1. The van der Waals surface area contributed by atoms with Crippen molar-refractivity contribution in [3.05, 3.63) is 125 Å². The van der Waals surface area contributed by atoms with Gasteiger partial charge in [-0.15, -0.1) is 0 Å². The Morgan fingerprint density at radius 2 is 1.40 bits per heavy atom.